The van der Waals surface area contributed by atoms with E-state index in [1.807, 2.05) is 54.0 Å². The molecule has 0 spiro atoms. The van der Waals surface area contributed by atoms with Crippen LogP contribution >= 0.6 is 11.3 Å². The molecule has 4 rings (SSSR count). The van der Waals surface area contributed by atoms with Crippen LogP contribution in [0.15, 0.2) is 72.4 Å². The highest BCUT2D eigenvalue weighted by Gasteiger charge is 2.07. The second-order valence-electron chi connectivity index (χ2n) is 4.80. The normalized spacial score (nSPS) is 10.7. The third kappa shape index (κ3) is 2.42. The SMILES string of the molecule is c1ccc(-c2cccc(-c3cn(-c4cccs4)nn3)c2)nc1. The predicted octanol–water partition coefficient (Wildman–Crippen LogP) is 4.06. The Bertz CT molecular complexity index is 882. The summed E-state index contributed by atoms with van der Waals surface area (Å²) in [5, 5.41) is 11.6. The molecule has 3 heterocycles. The summed E-state index contributed by atoms with van der Waals surface area (Å²) in [5.41, 5.74) is 3.91. The van der Waals surface area contributed by atoms with Gasteiger partial charge < -0.3 is 0 Å². The van der Waals surface area contributed by atoms with E-state index in [4.69, 9.17) is 0 Å². The van der Waals surface area contributed by atoms with E-state index in [9.17, 15) is 0 Å². The monoisotopic (exact) mass is 304 g/mol. The maximum Gasteiger partial charge on any atom is 0.119 e. The van der Waals surface area contributed by atoms with Crippen molar-refractivity contribution >= 4 is 11.3 Å². The van der Waals surface area contributed by atoms with Crippen molar-refractivity contribution in [2.24, 2.45) is 0 Å². The maximum atomic E-state index is 4.39. The summed E-state index contributed by atoms with van der Waals surface area (Å²) in [6, 6.07) is 18.1. The van der Waals surface area contributed by atoms with Crippen molar-refractivity contribution < 1.29 is 0 Å². The molecule has 22 heavy (non-hydrogen) atoms. The van der Waals surface area contributed by atoms with E-state index in [2.05, 4.69) is 27.4 Å². The van der Waals surface area contributed by atoms with Gasteiger partial charge in [-0.15, -0.1) is 16.4 Å². The van der Waals surface area contributed by atoms with E-state index < -0.39 is 0 Å². The number of pyridine rings is 1. The molecule has 0 saturated heterocycles. The van der Waals surface area contributed by atoms with E-state index in [1.54, 1.807) is 22.2 Å². The van der Waals surface area contributed by atoms with Crippen LogP contribution in [0.25, 0.3) is 27.5 Å². The van der Waals surface area contributed by atoms with Gasteiger partial charge in [0.05, 0.1) is 11.9 Å². The topological polar surface area (TPSA) is 43.6 Å². The van der Waals surface area contributed by atoms with Crippen molar-refractivity contribution in [1.29, 1.82) is 0 Å². The van der Waals surface area contributed by atoms with Crippen LogP contribution in [0.5, 0.6) is 0 Å². The number of rotatable bonds is 3. The fraction of sp³-hybridized carbons (Fsp3) is 0. The molecule has 3 aromatic heterocycles. The Kier molecular flexibility index (Phi) is 3.25. The lowest BCUT2D eigenvalue weighted by atomic mass is 10.1. The molecule has 0 aliphatic heterocycles. The van der Waals surface area contributed by atoms with Gasteiger partial charge in [-0.05, 0) is 35.7 Å². The molecular formula is C17H12N4S. The van der Waals surface area contributed by atoms with Crippen LogP contribution in [-0.2, 0) is 0 Å². The fourth-order valence-electron chi connectivity index (χ4n) is 2.28. The van der Waals surface area contributed by atoms with E-state index >= 15 is 0 Å². The van der Waals surface area contributed by atoms with Crippen LogP contribution in [0.4, 0.5) is 0 Å². The molecule has 0 unspecified atom stereocenters. The largest absolute Gasteiger partial charge is 0.256 e. The number of hydrogen-bond donors (Lipinski definition) is 0. The van der Waals surface area contributed by atoms with E-state index in [0.717, 1.165) is 27.5 Å². The van der Waals surface area contributed by atoms with Gasteiger partial charge in [0, 0.05) is 17.3 Å². The summed E-state index contributed by atoms with van der Waals surface area (Å²) in [6.45, 7) is 0. The van der Waals surface area contributed by atoms with Gasteiger partial charge in [-0.1, -0.05) is 29.5 Å². The van der Waals surface area contributed by atoms with Gasteiger partial charge >= 0.3 is 0 Å². The molecule has 5 heteroatoms. The highest BCUT2D eigenvalue weighted by Crippen LogP contribution is 2.24. The Morgan fingerprint density at radius 3 is 2.55 bits per heavy atom. The first kappa shape index (κ1) is 12.9. The van der Waals surface area contributed by atoms with Crippen LogP contribution < -0.4 is 0 Å². The van der Waals surface area contributed by atoms with Crippen molar-refractivity contribution in [3.8, 4) is 27.5 Å². The van der Waals surface area contributed by atoms with E-state index in [0.29, 0.717) is 0 Å². The highest BCUT2D eigenvalue weighted by molar-refractivity contribution is 7.12. The summed E-state index contributed by atoms with van der Waals surface area (Å²) in [5.74, 6) is 0. The second-order valence-corrected chi connectivity index (χ2v) is 5.72. The third-order valence-corrected chi connectivity index (χ3v) is 4.20. The van der Waals surface area contributed by atoms with Crippen LogP contribution in [0.2, 0.25) is 0 Å². The Labute approximate surface area is 131 Å². The summed E-state index contributed by atoms with van der Waals surface area (Å²) in [7, 11) is 0. The molecule has 4 aromatic rings. The molecule has 0 amide bonds. The quantitative estimate of drug-likeness (QED) is 0.573. The predicted molar refractivity (Wildman–Crippen MR) is 87.9 cm³/mol. The van der Waals surface area contributed by atoms with E-state index in [-0.39, 0.29) is 0 Å². The lowest BCUT2D eigenvalue weighted by Gasteiger charge is -2.02. The van der Waals surface area contributed by atoms with Gasteiger partial charge in [0.15, 0.2) is 0 Å². The van der Waals surface area contributed by atoms with Crippen LogP contribution in [0, 0.1) is 0 Å². The van der Waals surface area contributed by atoms with Gasteiger partial charge in [0.2, 0.25) is 0 Å². The van der Waals surface area contributed by atoms with Gasteiger partial charge in [0.1, 0.15) is 10.7 Å². The van der Waals surface area contributed by atoms with Gasteiger partial charge in [-0.25, -0.2) is 4.68 Å². The van der Waals surface area contributed by atoms with Crippen molar-refractivity contribution in [3.63, 3.8) is 0 Å². The van der Waals surface area contributed by atoms with Crippen LogP contribution in [0.3, 0.4) is 0 Å². The molecule has 0 N–H and O–H groups in total. The average molecular weight is 304 g/mol. The van der Waals surface area contributed by atoms with Crippen LogP contribution in [-0.4, -0.2) is 20.0 Å². The molecule has 4 nitrogen and oxygen atoms in total. The molecular weight excluding hydrogens is 292 g/mol. The lowest BCUT2D eigenvalue weighted by Crippen LogP contribution is -1.89. The van der Waals surface area contributed by atoms with Crippen molar-refractivity contribution in [1.82, 2.24) is 20.0 Å². The first-order chi connectivity index (χ1) is 10.9. The Balaban J connectivity index is 1.72. The zero-order chi connectivity index (χ0) is 14.8. The van der Waals surface area contributed by atoms with Crippen molar-refractivity contribution in [2.75, 3.05) is 0 Å². The van der Waals surface area contributed by atoms with Crippen LogP contribution in [0.1, 0.15) is 0 Å². The molecule has 0 aliphatic carbocycles. The molecule has 0 saturated carbocycles. The molecule has 1 aromatic carbocycles. The standard InChI is InChI=1S/C17H12N4S/c1-2-9-18-15(7-1)13-5-3-6-14(11-13)16-12-21(20-19-16)17-8-4-10-22-17/h1-12H. The van der Waals surface area contributed by atoms with Crippen molar-refractivity contribution in [2.45, 2.75) is 0 Å². The third-order valence-electron chi connectivity index (χ3n) is 3.34. The van der Waals surface area contributed by atoms with Gasteiger partial charge in [-0.2, -0.15) is 0 Å². The lowest BCUT2D eigenvalue weighted by molar-refractivity contribution is 0.815. The highest BCUT2D eigenvalue weighted by atomic mass is 32.1. The molecule has 0 radical (unpaired) electrons. The maximum absolute atomic E-state index is 4.39. The number of nitrogens with zero attached hydrogens (tertiary/aromatic N) is 4. The average Bonchev–Trinajstić information content (AvgIpc) is 3.27. The molecule has 0 bridgehead atoms. The first-order valence-corrected chi connectivity index (χ1v) is 7.76. The summed E-state index contributed by atoms with van der Waals surface area (Å²) < 4.78 is 1.80. The summed E-state index contributed by atoms with van der Waals surface area (Å²) >= 11 is 1.64. The smallest absolute Gasteiger partial charge is 0.119 e. The minimum atomic E-state index is 0.853. The van der Waals surface area contributed by atoms with Crippen molar-refractivity contribution in [3.05, 3.63) is 72.4 Å². The number of hydrogen-bond acceptors (Lipinski definition) is 4. The first-order valence-electron chi connectivity index (χ1n) is 6.88. The Morgan fingerprint density at radius 1 is 0.864 bits per heavy atom. The summed E-state index contributed by atoms with van der Waals surface area (Å²) in [6.07, 6.45) is 3.75. The van der Waals surface area contributed by atoms with Gasteiger partial charge in [-0.3, -0.25) is 4.98 Å². The molecule has 0 fully saturated rings. The summed E-state index contributed by atoms with van der Waals surface area (Å²) in [4.78, 5) is 4.39. The number of benzene rings is 1. The number of aromatic nitrogens is 4. The minimum Gasteiger partial charge on any atom is -0.256 e. The zero-order valence-electron chi connectivity index (χ0n) is 11.6. The minimum absolute atomic E-state index is 0.853. The van der Waals surface area contributed by atoms with Gasteiger partial charge in [0.25, 0.3) is 0 Å². The number of thiophene rings is 1. The molecule has 0 atom stereocenters. The molecule has 0 aliphatic rings. The molecule has 106 valence electrons. The Morgan fingerprint density at radius 2 is 1.77 bits per heavy atom. The fourth-order valence-corrected chi connectivity index (χ4v) is 2.93. The Hall–Kier alpha value is -2.79. The zero-order valence-corrected chi connectivity index (χ0v) is 12.4. The second kappa shape index (κ2) is 5.54. The van der Waals surface area contributed by atoms with E-state index in [1.165, 1.54) is 0 Å².